The van der Waals surface area contributed by atoms with Crippen molar-refractivity contribution in [2.45, 2.75) is 50.4 Å². The van der Waals surface area contributed by atoms with Gasteiger partial charge in [0.15, 0.2) is 0 Å². The molecule has 1 saturated carbocycles. The van der Waals surface area contributed by atoms with Gasteiger partial charge in [-0.15, -0.1) is 0 Å². The van der Waals surface area contributed by atoms with Crippen LogP contribution in [0.1, 0.15) is 43.4 Å². The highest BCUT2D eigenvalue weighted by Gasteiger charge is 2.34. The molecule has 1 aromatic heterocycles. The van der Waals surface area contributed by atoms with Gasteiger partial charge >= 0.3 is 6.18 Å². The number of halogens is 3. The van der Waals surface area contributed by atoms with Crippen LogP contribution >= 0.6 is 0 Å². The molecule has 0 spiro atoms. The minimum atomic E-state index is -4.57. The summed E-state index contributed by atoms with van der Waals surface area (Å²) in [4.78, 5) is 3.45. The molecule has 0 amide bonds. The zero-order valence-corrected chi connectivity index (χ0v) is 11.4. The molecule has 1 fully saturated rings. The summed E-state index contributed by atoms with van der Waals surface area (Å²) in [6.07, 6.45) is -0.668. The normalized spacial score (nSPS) is 23.2. The van der Waals surface area contributed by atoms with Crippen LogP contribution in [-0.2, 0) is 6.18 Å². The minimum absolute atomic E-state index is 0.0144. The van der Waals surface area contributed by atoms with Gasteiger partial charge in [-0.05, 0) is 31.4 Å². The fraction of sp³-hybridized carbons (Fsp3) is 0.571. The van der Waals surface area contributed by atoms with Gasteiger partial charge in [-0.1, -0.05) is 12.8 Å². The van der Waals surface area contributed by atoms with Crippen molar-refractivity contribution in [2.75, 3.05) is 0 Å². The molecule has 0 bridgehead atoms. The maximum atomic E-state index is 12.7. The second-order valence-electron chi connectivity index (χ2n) is 5.12. The summed E-state index contributed by atoms with van der Waals surface area (Å²) in [7, 11) is 0. The average molecular weight is 299 g/mol. The highest BCUT2D eigenvalue weighted by Crippen LogP contribution is 2.31. The lowest BCUT2D eigenvalue weighted by molar-refractivity contribution is -0.141. The molecule has 1 aliphatic carbocycles. The third kappa shape index (κ3) is 3.85. The predicted octanol–water partition coefficient (Wildman–Crippen LogP) is 3.01. The monoisotopic (exact) mass is 299 g/mol. The highest BCUT2D eigenvalue weighted by atomic mass is 19.4. The van der Waals surface area contributed by atoms with Crippen LogP contribution in [0.25, 0.3) is 0 Å². The number of nitrogens with zero attached hydrogens (tertiary/aromatic N) is 2. The summed E-state index contributed by atoms with van der Waals surface area (Å²) in [6.45, 7) is 0. The fourth-order valence-corrected chi connectivity index (χ4v) is 2.37. The smallest absolute Gasteiger partial charge is 0.433 e. The van der Waals surface area contributed by atoms with E-state index in [1.807, 2.05) is 0 Å². The number of hydrogen-bond donors (Lipinski definition) is 1. The Morgan fingerprint density at radius 1 is 1.24 bits per heavy atom. The standard InChI is InChI=1S/C14H16F3N3O/c15-14(16,17)12-7-6-9(8-18)13(20-12)21-11-5-3-1-2-4-10(11)19/h6-7,10-11H,1-5,19H2. The molecule has 7 heteroatoms. The summed E-state index contributed by atoms with van der Waals surface area (Å²) < 4.78 is 43.6. The molecule has 2 N–H and O–H groups in total. The molecule has 2 unspecified atom stereocenters. The first-order chi connectivity index (χ1) is 9.91. The fourth-order valence-electron chi connectivity index (χ4n) is 2.37. The van der Waals surface area contributed by atoms with Crippen molar-refractivity contribution < 1.29 is 17.9 Å². The molecular formula is C14H16F3N3O. The molecule has 1 heterocycles. The van der Waals surface area contributed by atoms with Crippen LogP contribution in [0.3, 0.4) is 0 Å². The summed E-state index contributed by atoms with van der Waals surface area (Å²) in [5.41, 5.74) is 4.90. The number of pyridine rings is 1. The van der Waals surface area contributed by atoms with Crippen molar-refractivity contribution in [1.82, 2.24) is 4.98 Å². The third-order valence-corrected chi connectivity index (χ3v) is 3.54. The first kappa shape index (κ1) is 15.6. The Morgan fingerprint density at radius 3 is 2.62 bits per heavy atom. The minimum Gasteiger partial charge on any atom is -0.472 e. The maximum Gasteiger partial charge on any atom is 0.433 e. The van der Waals surface area contributed by atoms with E-state index >= 15 is 0 Å². The van der Waals surface area contributed by atoms with Crippen LogP contribution in [0, 0.1) is 11.3 Å². The lowest BCUT2D eigenvalue weighted by Crippen LogP contribution is -2.38. The summed E-state index contributed by atoms with van der Waals surface area (Å²) in [6, 6.07) is 3.40. The lowest BCUT2D eigenvalue weighted by atomic mass is 10.1. The van der Waals surface area contributed by atoms with Crippen LogP contribution in [0.4, 0.5) is 13.2 Å². The van der Waals surface area contributed by atoms with Crippen molar-refractivity contribution >= 4 is 0 Å². The quantitative estimate of drug-likeness (QED) is 0.852. The molecule has 2 atom stereocenters. The van der Waals surface area contributed by atoms with E-state index in [1.165, 1.54) is 0 Å². The number of aromatic nitrogens is 1. The zero-order chi connectivity index (χ0) is 15.5. The third-order valence-electron chi connectivity index (χ3n) is 3.54. The SMILES string of the molecule is N#Cc1ccc(C(F)(F)F)nc1OC1CCCCCC1N. The van der Waals surface area contributed by atoms with Crippen LogP contribution in [0.5, 0.6) is 5.88 Å². The van der Waals surface area contributed by atoms with E-state index in [0.29, 0.717) is 6.42 Å². The van der Waals surface area contributed by atoms with Crippen LogP contribution in [-0.4, -0.2) is 17.1 Å². The Hall–Kier alpha value is -1.81. The van der Waals surface area contributed by atoms with Crippen molar-refractivity contribution in [1.29, 1.82) is 5.26 Å². The Labute approximate surface area is 120 Å². The average Bonchev–Trinajstić information content (AvgIpc) is 2.63. The lowest BCUT2D eigenvalue weighted by Gasteiger charge is -2.23. The molecule has 21 heavy (non-hydrogen) atoms. The van der Waals surface area contributed by atoms with Gasteiger partial charge < -0.3 is 10.5 Å². The molecule has 0 saturated heterocycles. The van der Waals surface area contributed by atoms with Crippen molar-refractivity contribution in [3.8, 4) is 11.9 Å². The van der Waals surface area contributed by atoms with Gasteiger partial charge in [0, 0.05) is 6.04 Å². The number of nitrogens with two attached hydrogens (primary N) is 1. The van der Waals surface area contributed by atoms with Crippen LogP contribution in [0.2, 0.25) is 0 Å². The molecule has 2 rings (SSSR count). The largest absolute Gasteiger partial charge is 0.472 e. The van der Waals surface area contributed by atoms with E-state index in [0.717, 1.165) is 37.8 Å². The van der Waals surface area contributed by atoms with Gasteiger partial charge in [-0.3, -0.25) is 0 Å². The summed E-state index contributed by atoms with van der Waals surface area (Å²) in [5.74, 6) is -0.283. The Balaban J connectivity index is 2.27. The van der Waals surface area contributed by atoms with E-state index in [9.17, 15) is 13.2 Å². The van der Waals surface area contributed by atoms with Gasteiger partial charge in [0.1, 0.15) is 23.4 Å². The predicted molar refractivity (Wildman–Crippen MR) is 69.4 cm³/mol. The van der Waals surface area contributed by atoms with E-state index < -0.39 is 18.0 Å². The molecule has 0 aliphatic heterocycles. The maximum absolute atomic E-state index is 12.7. The van der Waals surface area contributed by atoms with Crippen molar-refractivity contribution in [3.05, 3.63) is 23.4 Å². The van der Waals surface area contributed by atoms with E-state index in [-0.39, 0.29) is 17.5 Å². The number of hydrogen-bond acceptors (Lipinski definition) is 4. The summed E-state index contributed by atoms with van der Waals surface area (Å²) >= 11 is 0. The molecular weight excluding hydrogens is 283 g/mol. The van der Waals surface area contributed by atoms with Crippen molar-refractivity contribution in [2.24, 2.45) is 5.73 Å². The highest BCUT2D eigenvalue weighted by molar-refractivity contribution is 5.39. The number of rotatable bonds is 2. The molecule has 1 aliphatic rings. The first-order valence-corrected chi connectivity index (χ1v) is 6.82. The van der Waals surface area contributed by atoms with E-state index in [2.05, 4.69) is 4.98 Å². The van der Waals surface area contributed by atoms with Gasteiger partial charge in [-0.2, -0.15) is 18.4 Å². The van der Waals surface area contributed by atoms with E-state index in [1.54, 1.807) is 6.07 Å². The van der Waals surface area contributed by atoms with Crippen molar-refractivity contribution in [3.63, 3.8) is 0 Å². The Bertz CT molecular complexity index is 539. The topological polar surface area (TPSA) is 71.9 Å². The number of ether oxygens (including phenoxy) is 1. The second-order valence-corrected chi connectivity index (χ2v) is 5.12. The number of nitriles is 1. The van der Waals surface area contributed by atoms with Crippen LogP contribution in [0.15, 0.2) is 12.1 Å². The summed E-state index contributed by atoms with van der Waals surface area (Å²) in [5, 5.41) is 8.98. The van der Waals surface area contributed by atoms with Crippen LogP contribution < -0.4 is 10.5 Å². The zero-order valence-electron chi connectivity index (χ0n) is 11.4. The van der Waals surface area contributed by atoms with Gasteiger partial charge in [0.2, 0.25) is 5.88 Å². The molecule has 1 aromatic rings. The van der Waals surface area contributed by atoms with Gasteiger partial charge in [-0.25, -0.2) is 4.98 Å². The van der Waals surface area contributed by atoms with E-state index in [4.69, 9.17) is 15.7 Å². The Morgan fingerprint density at radius 2 is 1.95 bits per heavy atom. The first-order valence-electron chi connectivity index (χ1n) is 6.82. The molecule has 0 radical (unpaired) electrons. The molecule has 4 nitrogen and oxygen atoms in total. The molecule has 114 valence electrons. The second kappa shape index (κ2) is 6.31. The Kier molecular flexibility index (Phi) is 4.68. The van der Waals surface area contributed by atoms with Gasteiger partial charge in [0.05, 0.1) is 0 Å². The molecule has 0 aromatic carbocycles. The van der Waals surface area contributed by atoms with Gasteiger partial charge in [0.25, 0.3) is 0 Å². The number of alkyl halides is 3.